The number of ether oxygens (including phenoxy) is 2. The van der Waals surface area contributed by atoms with Crippen molar-refractivity contribution >= 4 is 38.9 Å². The molecule has 3 aromatic carbocycles. The monoisotopic (exact) mass is 493 g/mol. The van der Waals surface area contributed by atoms with E-state index in [0.717, 1.165) is 5.56 Å². The number of para-hydroxylation sites is 1. The van der Waals surface area contributed by atoms with Crippen molar-refractivity contribution in [1.29, 1.82) is 0 Å². The van der Waals surface area contributed by atoms with Crippen LogP contribution in [-0.4, -0.2) is 40.0 Å². The van der Waals surface area contributed by atoms with Gasteiger partial charge in [0, 0.05) is 12.2 Å². The fourth-order valence-electron chi connectivity index (χ4n) is 4.19. The summed E-state index contributed by atoms with van der Waals surface area (Å²) in [7, 11) is -2.49. The molecule has 2 N–H and O–H groups in total. The Morgan fingerprint density at radius 1 is 1.14 bits per heavy atom. The van der Waals surface area contributed by atoms with Gasteiger partial charge in [-0.25, -0.2) is 8.42 Å². The van der Waals surface area contributed by atoms with Gasteiger partial charge in [0.05, 0.1) is 28.9 Å². The SMILES string of the molecule is COc1ccc(S(=O)(=O)N2CCc3ccccc32)cc1C(=O)Nc1ccc2c(c1)NC(=O)C(C)O2. The van der Waals surface area contributed by atoms with Crippen LogP contribution in [0.4, 0.5) is 17.1 Å². The minimum Gasteiger partial charge on any atom is -0.496 e. The second-order valence-corrected chi connectivity index (χ2v) is 10.1. The maximum Gasteiger partial charge on any atom is 0.265 e. The van der Waals surface area contributed by atoms with Crippen LogP contribution in [0, 0.1) is 0 Å². The van der Waals surface area contributed by atoms with Crippen LogP contribution in [-0.2, 0) is 21.2 Å². The first-order valence-corrected chi connectivity index (χ1v) is 12.4. The standard InChI is InChI=1S/C25H23N3O6S/c1-15-24(29)27-20-13-17(7-9-23(20)34-15)26-25(30)19-14-18(8-10-22(19)33-2)35(31,32)28-12-11-16-5-3-4-6-21(16)28/h3-10,13-15H,11-12H2,1-2H3,(H,26,30)(H,27,29). The van der Waals surface area contributed by atoms with Crippen LogP contribution in [0.2, 0.25) is 0 Å². The van der Waals surface area contributed by atoms with Gasteiger partial charge in [0.1, 0.15) is 11.5 Å². The number of hydrogen-bond acceptors (Lipinski definition) is 6. The first-order chi connectivity index (χ1) is 16.8. The largest absolute Gasteiger partial charge is 0.496 e. The summed E-state index contributed by atoms with van der Waals surface area (Å²) in [6, 6.07) is 16.4. The minimum atomic E-state index is -3.90. The number of carbonyl (C=O) groups excluding carboxylic acids is 2. The molecule has 0 bridgehead atoms. The molecular weight excluding hydrogens is 470 g/mol. The number of amides is 2. The highest BCUT2D eigenvalue weighted by Crippen LogP contribution is 2.35. The molecule has 5 rings (SSSR count). The van der Waals surface area contributed by atoms with Crippen molar-refractivity contribution in [2.45, 2.75) is 24.3 Å². The maximum atomic E-state index is 13.4. The number of benzene rings is 3. The molecule has 3 aromatic rings. The number of nitrogens with one attached hydrogen (secondary N) is 2. The summed E-state index contributed by atoms with van der Waals surface area (Å²) in [4.78, 5) is 25.1. The molecule has 0 fully saturated rings. The van der Waals surface area contributed by atoms with Crippen LogP contribution in [0.25, 0.3) is 0 Å². The summed E-state index contributed by atoms with van der Waals surface area (Å²) in [5.74, 6) is -0.125. The van der Waals surface area contributed by atoms with Gasteiger partial charge in [0.15, 0.2) is 6.10 Å². The molecule has 0 spiro atoms. The minimum absolute atomic E-state index is 0.0137. The lowest BCUT2D eigenvalue weighted by atomic mass is 10.1. The Bertz CT molecular complexity index is 1450. The van der Waals surface area contributed by atoms with Crippen molar-refractivity contribution < 1.29 is 27.5 Å². The van der Waals surface area contributed by atoms with E-state index in [0.29, 0.717) is 35.8 Å². The summed E-state index contributed by atoms with van der Waals surface area (Å²) in [6.07, 6.45) is 0.00968. The zero-order valence-electron chi connectivity index (χ0n) is 19.1. The Morgan fingerprint density at radius 3 is 2.74 bits per heavy atom. The molecule has 0 saturated carbocycles. The van der Waals surface area contributed by atoms with E-state index >= 15 is 0 Å². The highest BCUT2D eigenvalue weighted by atomic mass is 32.2. The van der Waals surface area contributed by atoms with E-state index in [4.69, 9.17) is 9.47 Å². The van der Waals surface area contributed by atoms with Crippen molar-refractivity contribution in [1.82, 2.24) is 0 Å². The molecule has 180 valence electrons. The quantitative estimate of drug-likeness (QED) is 0.563. The zero-order chi connectivity index (χ0) is 24.7. The number of fused-ring (bicyclic) bond motifs is 2. The number of hydrogen-bond donors (Lipinski definition) is 2. The molecule has 35 heavy (non-hydrogen) atoms. The van der Waals surface area contributed by atoms with Crippen molar-refractivity contribution in [3.63, 3.8) is 0 Å². The smallest absolute Gasteiger partial charge is 0.265 e. The Hall–Kier alpha value is -4.05. The Morgan fingerprint density at radius 2 is 1.94 bits per heavy atom. The summed E-state index contributed by atoms with van der Waals surface area (Å²) < 4.78 is 39.1. The summed E-state index contributed by atoms with van der Waals surface area (Å²) >= 11 is 0. The molecule has 0 aromatic heterocycles. The second kappa shape index (κ2) is 8.62. The van der Waals surface area contributed by atoms with Crippen LogP contribution < -0.4 is 24.4 Å². The molecule has 0 saturated heterocycles. The van der Waals surface area contributed by atoms with Gasteiger partial charge in [-0.05, 0) is 61.4 Å². The zero-order valence-corrected chi connectivity index (χ0v) is 19.9. The van der Waals surface area contributed by atoms with Crippen LogP contribution in [0.3, 0.4) is 0 Å². The summed E-state index contributed by atoms with van der Waals surface area (Å²) in [5, 5.41) is 5.47. The van der Waals surface area contributed by atoms with Crippen LogP contribution in [0.5, 0.6) is 11.5 Å². The van der Waals surface area contributed by atoms with Gasteiger partial charge < -0.3 is 20.1 Å². The van der Waals surface area contributed by atoms with Gasteiger partial charge in [-0.3, -0.25) is 13.9 Å². The van der Waals surface area contributed by atoms with Crippen molar-refractivity contribution in [3.8, 4) is 11.5 Å². The fourth-order valence-corrected chi connectivity index (χ4v) is 5.72. The molecule has 2 heterocycles. The topological polar surface area (TPSA) is 114 Å². The molecular formula is C25H23N3O6S. The lowest BCUT2D eigenvalue weighted by molar-refractivity contribution is -0.122. The van der Waals surface area contributed by atoms with E-state index in [-0.39, 0.29) is 22.1 Å². The number of sulfonamides is 1. The van der Waals surface area contributed by atoms with Crippen molar-refractivity contribution in [3.05, 3.63) is 71.8 Å². The normalized spacial score (nSPS) is 16.6. The number of carbonyl (C=O) groups is 2. The highest BCUT2D eigenvalue weighted by Gasteiger charge is 2.32. The second-order valence-electron chi connectivity index (χ2n) is 8.23. The third-order valence-corrected chi connectivity index (χ3v) is 7.83. The molecule has 1 atom stereocenters. The number of anilines is 3. The summed E-state index contributed by atoms with van der Waals surface area (Å²) in [5.41, 5.74) is 2.49. The van der Waals surface area contributed by atoms with Crippen molar-refractivity contribution in [2.24, 2.45) is 0 Å². The number of methoxy groups -OCH3 is 1. The summed E-state index contributed by atoms with van der Waals surface area (Å²) in [6.45, 7) is 1.97. The molecule has 9 nitrogen and oxygen atoms in total. The van der Waals surface area contributed by atoms with Crippen LogP contribution >= 0.6 is 0 Å². The third-order valence-electron chi connectivity index (χ3n) is 6.02. The van der Waals surface area contributed by atoms with E-state index in [2.05, 4.69) is 10.6 Å². The van der Waals surface area contributed by atoms with Gasteiger partial charge in [-0.15, -0.1) is 0 Å². The first-order valence-electron chi connectivity index (χ1n) is 11.0. The van der Waals surface area contributed by atoms with E-state index in [1.165, 1.54) is 29.6 Å². The van der Waals surface area contributed by atoms with E-state index < -0.39 is 22.0 Å². The average molecular weight is 494 g/mol. The molecule has 0 aliphatic carbocycles. The molecule has 2 amide bonds. The van der Waals surface area contributed by atoms with Gasteiger partial charge in [0.25, 0.3) is 21.8 Å². The Labute approximate surface area is 202 Å². The lowest BCUT2D eigenvalue weighted by Gasteiger charge is -2.23. The van der Waals surface area contributed by atoms with E-state index in [1.807, 2.05) is 12.1 Å². The van der Waals surface area contributed by atoms with Crippen LogP contribution in [0.1, 0.15) is 22.8 Å². The molecule has 2 aliphatic rings. The van der Waals surface area contributed by atoms with Gasteiger partial charge in [0.2, 0.25) is 0 Å². The number of rotatable bonds is 5. The first kappa shape index (κ1) is 22.7. The maximum absolute atomic E-state index is 13.4. The molecule has 1 unspecified atom stereocenters. The van der Waals surface area contributed by atoms with E-state index in [1.54, 1.807) is 37.3 Å². The molecule has 10 heteroatoms. The van der Waals surface area contributed by atoms with Gasteiger partial charge >= 0.3 is 0 Å². The predicted octanol–water partition coefficient (Wildman–Crippen LogP) is 3.42. The van der Waals surface area contributed by atoms with Gasteiger partial charge in [-0.2, -0.15) is 0 Å². The predicted molar refractivity (Wildman–Crippen MR) is 131 cm³/mol. The number of nitrogens with zero attached hydrogens (tertiary/aromatic N) is 1. The van der Waals surface area contributed by atoms with E-state index in [9.17, 15) is 18.0 Å². The Kier molecular flexibility index (Phi) is 5.60. The highest BCUT2D eigenvalue weighted by molar-refractivity contribution is 7.92. The van der Waals surface area contributed by atoms with Gasteiger partial charge in [-0.1, -0.05) is 18.2 Å². The van der Waals surface area contributed by atoms with Crippen LogP contribution in [0.15, 0.2) is 65.6 Å². The third kappa shape index (κ3) is 4.06. The lowest BCUT2D eigenvalue weighted by Crippen LogP contribution is -2.34. The molecule has 0 radical (unpaired) electrons. The van der Waals surface area contributed by atoms with Crippen molar-refractivity contribution in [2.75, 3.05) is 28.6 Å². The molecule has 2 aliphatic heterocycles. The average Bonchev–Trinajstić information content (AvgIpc) is 3.29. The fraction of sp³-hybridized carbons (Fsp3) is 0.200. The Balaban J connectivity index is 1.44.